The fourth-order valence-corrected chi connectivity index (χ4v) is 3.47. The minimum Gasteiger partial charge on any atom is -0.489 e. The van der Waals surface area contributed by atoms with E-state index in [1.165, 1.54) is 11.3 Å². The lowest BCUT2D eigenvalue weighted by molar-refractivity contribution is -0.120. The Bertz CT molecular complexity index is 787. The summed E-state index contributed by atoms with van der Waals surface area (Å²) in [5, 5.41) is 15.5. The maximum atomic E-state index is 11.8. The maximum absolute atomic E-state index is 11.8. The Hall–Kier alpha value is -1.32. The molecular formula is C16H15BrCl2N2O4S. The molecule has 0 aliphatic heterocycles. The van der Waals surface area contributed by atoms with Gasteiger partial charge in [-0.25, -0.2) is 0 Å². The second kappa shape index (κ2) is 10.1. The zero-order valence-electron chi connectivity index (χ0n) is 13.3. The number of hydrogen-bond acceptors (Lipinski definition) is 5. The lowest BCUT2D eigenvalue weighted by Gasteiger charge is -2.14. The minimum absolute atomic E-state index is 0.0303. The van der Waals surface area contributed by atoms with Gasteiger partial charge >= 0.3 is 0 Å². The van der Waals surface area contributed by atoms with Gasteiger partial charge in [0.2, 0.25) is 5.91 Å². The molecule has 10 heteroatoms. The maximum Gasteiger partial charge on any atom is 0.261 e. The highest BCUT2D eigenvalue weighted by Gasteiger charge is 2.13. The summed E-state index contributed by atoms with van der Waals surface area (Å²) in [5.41, 5.74) is 0. The molecule has 1 aromatic carbocycles. The smallest absolute Gasteiger partial charge is 0.261 e. The Kier molecular flexibility index (Phi) is 8.17. The summed E-state index contributed by atoms with van der Waals surface area (Å²) in [7, 11) is 0. The molecular weight excluding hydrogens is 467 g/mol. The van der Waals surface area contributed by atoms with Crippen molar-refractivity contribution in [2.24, 2.45) is 0 Å². The Morgan fingerprint density at radius 3 is 2.69 bits per heavy atom. The molecule has 6 nitrogen and oxygen atoms in total. The number of aliphatic hydroxyl groups excluding tert-OH is 1. The van der Waals surface area contributed by atoms with Gasteiger partial charge in [0, 0.05) is 6.54 Å². The Labute approximate surface area is 172 Å². The molecule has 1 heterocycles. The van der Waals surface area contributed by atoms with Crippen LogP contribution in [0.25, 0.3) is 0 Å². The van der Waals surface area contributed by atoms with Crippen molar-refractivity contribution in [1.82, 2.24) is 10.6 Å². The SMILES string of the molecule is O=C(CNC(=O)c1ccc(Br)s1)NCC(O)COc1cccc(Cl)c1Cl. The molecule has 26 heavy (non-hydrogen) atoms. The summed E-state index contributed by atoms with van der Waals surface area (Å²) in [6.07, 6.45) is -0.946. The lowest BCUT2D eigenvalue weighted by atomic mass is 10.3. The van der Waals surface area contributed by atoms with Crippen LogP contribution in [0.5, 0.6) is 5.75 Å². The first-order chi connectivity index (χ1) is 12.4. The van der Waals surface area contributed by atoms with Gasteiger partial charge in [0.25, 0.3) is 5.91 Å². The number of carbonyl (C=O) groups is 2. The standard InChI is InChI=1S/C16H15BrCl2N2O4S/c17-13-5-4-12(26-13)16(24)21-7-14(23)20-6-9(22)8-25-11-3-1-2-10(18)15(11)19/h1-5,9,22H,6-8H2,(H,20,23)(H,21,24). The fraction of sp³-hybridized carbons (Fsp3) is 0.250. The lowest BCUT2D eigenvalue weighted by Crippen LogP contribution is -2.41. The average Bonchev–Trinajstić information content (AvgIpc) is 3.05. The van der Waals surface area contributed by atoms with Crippen LogP contribution in [-0.4, -0.2) is 42.7 Å². The van der Waals surface area contributed by atoms with Gasteiger partial charge in [-0.2, -0.15) is 0 Å². The van der Waals surface area contributed by atoms with Crippen LogP contribution in [0.15, 0.2) is 34.1 Å². The first kappa shape index (κ1) is 21.0. The second-order valence-corrected chi connectivity index (χ2v) is 8.36. The van der Waals surface area contributed by atoms with E-state index in [2.05, 4.69) is 26.6 Å². The molecule has 1 unspecified atom stereocenters. The number of carbonyl (C=O) groups excluding carboxylic acids is 2. The van der Waals surface area contributed by atoms with Crippen LogP contribution in [0.1, 0.15) is 9.67 Å². The molecule has 0 saturated carbocycles. The van der Waals surface area contributed by atoms with Crippen molar-refractivity contribution in [3.05, 3.63) is 49.0 Å². The number of thiophene rings is 1. The number of benzene rings is 1. The van der Waals surface area contributed by atoms with Crippen molar-refractivity contribution in [3.8, 4) is 5.75 Å². The largest absolute Gasteiger partial charge is 0.489 e. The van der Waals surface area contributed by atoms with Crippen LogP contribution < -0.4 is 15.4 Å². The molecule has 0 aliphatic carbocycles. The summed E-state index contributed by atoms with van der Waals surface area (Å²) in [4.78, 5) is 24.1. The summed E-state index contributed by atoms with van der Waals surface area (Å²) >= 11 is 16.4. The van der Waals surface area contributed by atoms with Crippen molar-refractivity contribution in [3.63, 3.8) is 0 Å². The van der Waals surface area contributed by atoms with E-state index >= 15 is 0 Å². The average molecular weight is 482 g/mol. The Morgan fingerprint density at radius 2 is 2.00 bits per heavy atom. The van der Waals surface area contributed by atoms with E-state index in [1.54, 1.807) is 30.3 Å². The van der Waals surface area contributed by atoms with Crippen LogP contribution in [0.3, 0.4) is 0 Å². The van der Waals surface area contributed by atoms with Crippen molar-refractivity contribution in [2.45, 2.75) is 6.10 Å². The summed E-state index contributed by atoms with van der Waals surface area (Å²) < 4.78 is 6.21. The summed E-state index contributed by atoms with van der Waals surface area (Å²) in [6.45, 7) is -0.296. The number of hydrogen-bond donors (Lipinski definition) is 3. The van der Waals surface area contributed by atoms with Gasteiger partial charge in [0.1, 0.15) is 23.5 Å². The second-order valence-electron chi connectivity index (χ2n) is 5.11. The number of amides is 2. The van der Waals surface area contributed by atoms with E-state index in [0.717, 1.165) is 3.79 Å². The van der Waals surface area contributed by atoms with Crippen molar-refractivity contribution >= 4 is 62.3 Å². The zero-order valence-corrected chi connectivity index (χ0v) is 17.2. The van der Waals surface area contributed by atoms with Crippen LogP contribution >= 0.6 is 50.5 Å². The molecule has 1 atom stereocenters. The number of halogens is 3. The van der Waals surface area contributed by atoms with Crippen molar-refractivity contribution in [1.29, 1.82) is 0 Å². The molecule has 3 N–H and O–H groups in total. The van der Waals surface area contributed by atoms with Gasteiger partial charge in [0.05, 0.1) is 20.2 Å². The molecule has 0 aliphatic rings. The molecule has 0 spiro atoms. The van der Waals surface area contributed by atoms with Gasteiger partial charge in [-0.3, -0.25) is 9.59 Å². The van der Waals surface area contributed by atoms with Gasteiger partial charge in [-0.1, -0.05) is 29.3 Å². The summed E-state index contributed by atoms with van der Waals surface area (Å²) in [5.74, 6) is -0.414. The molecule has 1 aromatic heterocycles. The number of nitrogens with one attached hydrogen (secondary N) is 2. The molecule has 0 radical (unpaired) electrons. The third kappa shape index (κ3) is 6.44. The van der Waals surface area contributed by atoms with E-state index in [0.29, 0.717) is 15.6 Å². The first-order valence-electron chi connectivity index (χ1n) is 7.42. The molecule has 2 aromatic rings. The topological polar surface area (TPSA) is 87.7 Å². The predicted molar refractivity (Wildman–Crippen MR) is 105 cm³/mol. The molecule has 140 valence electrons. The highest BCUT2D eigenvalue weighted by Crippen LogP contribution is 2.31. The van der Waals surface area contributed by atoms with Crippen molar-refractivity contribution < 1.29 is 19.4 Å². The van der Waals surface area contributed by atoms with E-state index in [1.807, 2.05) is 0 Å². The van der Waals surface area contributed by atoms with Crippen LogP contribution in [-0.2, 0) is 4.79 Å². The monoisotopic (exact) mass is 480 g/mol. The molecule has 0 saturated heterocycles. The number of rotatable bonds is 8. The highest BCUT2D eigenvalue weighted by molar-refractivity contribution is 9.11. The van der Waals surface area contributed by atoms with Gasteiger partial charge < -0.3 is 20.5 Å². The number of ether oxygens (including phenoxy) is 1. The minimum atomic E-state index is -0.946. The van der Waals surface area contributed by atoms with E-state index in [-0.39, 0.29) is 30.6 Å². The molecule has 2 rings (SSSR count). The molecule has 2 amide bonds. The van der Waals surface area contributed by atoms with Crippen molar-refractivity contribution in [2.75, 3.05) is 19.7 Å². The molecule has 0 bridgehead atoms. The van der Waals surface area contributed by atoms with E-state index < -0.39 is 12.0 Å². The quantitative estimate of drug-likeness (QED) is 0.540. The first-order valence-corrected chi connectivity index (χ1v) is 9.78. The van der Waals surface area contributed by atoms with Crippen LogP contribution in [0.4, 0.5) is 0 Å². The Morgan fingerprint density at radius 1 is 1.23 bits per heavy atom. The fourth-order valence-electron chi connectivity index (χ4n) is 1.82. The zero-order chi connectivity index (χ0) is 19.1. The van der Waals surface area contributed by atoms with Gasteiger partial charge in [-0.05, 0) is 40.2 Å². The van der Waals surface area contributed by atoms with E-state index in [4.69, 9.17) is 27.9 Å². The predicted octanol–water partition coefficient (Wildman–Crippen LogP) is 3.10. The highest BCUT2D eigenvalue weighted by atomic mass is 79.9. The van der Waals surface area contributed by atoms with Gasteiger partial charge in [-0.15, -0.1) is 11.3 Å². The normalized spacial score (nSPS) is 11.7. The van der Waals surface area contributed by atoms with E-state index in [9.17, 15) is 14.7 Å². The number of aliphatic hydroxyl groups is 1. The third-order valence-electron chi connectivity index (χ3n) is 3.09. The third-order valence-corrected chi connectivity index (χ3v) is 5.51. The van der Waals surface area contributed by atoms with Crippen LogP contribution in [0.2, 0.25) is 10.0 Å². The summed E-state index contributed by atoms with van der Waals surface area (Å²) in [6, 6.07) is 8.33. The Balaban J connectivity index is 1.68. The van der Waals surface area contributed by atoms with Crippen LogP contribution in [0, 0.1) is 0 Å². The molecule has 0 fully saturated rings. The van der Waals surface area contributed by atoms with Gasteiger partial charge in [0.15, 0.2) is 0 Å².